The summed E-state index contributed by atoms with van der Waals surface area (Å²) in [5, 5.41) is 0.600. The largest absolute Gasteiger partial charge is 0.462 e. The maximum absolute atomic E-state index is 12.9. The number of ether oxygens (including phenoxy) is 2. The van der Waals surface area contributed by atoms with Gasteiger partial charge in [0.1, 0.15) is 5.75 Å². The highest BCUT2D eigenvalue weighted by atomic mass is 32.2. The molecule has 0 spiro atoms. The standard InChI is InChI=1S/C30H30N2O6S/c1-3-37-30(34)28-21(2)32(23-10-6-4-7-11-23)27-17-14-24(20-26(27)28)38-29(33)22-12-15-25(16-13-22)39(35,36)31-18-8-5-9-19-31/h4,6-7,10-17,20H,3,5,8-9,18-19H2,1-2H3. The van der Waals surface area contributed by atoms with Crippen LogP contribution in [0.2, 0.25) is 0 Å². The number of rotatable bonds is 7. The molecule has 0 saturated carbocycles. The number of hydrogen-bond acceptors (Lipinski definition) is 6. The number of carbonyl (C=O) groups excluding carboxylic acids is 2. The van der Waals surface area contributed by atoms with Gasteiger partial charge in [0.25, 0.3) is 0 Å². The van der Waals surface area contributed by atoms with E-state index in [0.29, 0.717) is 29.7 Å². The van der Waals surface area contributed by atoms with Crippen LogP contribution in [0.4, 0.5) is 0 Å². The summed E-state index contributed by atoms with van der Waals surface area (Å²) in [5.74, 6) is -0.829. The van der Waals surface area contributed by atoms with E-state index in [1.54, 1.807) is 25.1 Å². The molecule has 1 fully saturated rings. The van der Waals surface area contributed by atoms with Crippen LogP contribution in [-0.4, -0.2) is 48.9 Å². The van der Waals surface area contributed by atoms with E-state index in [1.165, 1.54) is 28.6 Å². The third-order valence-electron chi connectivity index (χ3n) is 6.92. The molecule has 1 aliphatic rings. The number of para-hydroxylation sites is 1. The molecule has 1 aromatic heterocycles. The van der Waals surface area contributed by atoms with Gasteiger partial charge in [0.15, 0.2) is 0 Å². The fourth-order valence-corrected chi connectivity index (χ4v) is 6.53. The van der Waals surface area contributed by atoms with Gasteiger partial charge in [-0.25, -0.2) is 18.0 Å². The van der Waals surface area contributed by atoms with Gasteiger partial charge in [0.2, 0.25) is 10.0 Å². The first-order valence-corrected chi connectivity index (χ1v) is 14.4. The number of carbonyl (C=O) groups is 2. The van der Waals surface area contributed by atoms with E-state index in [0.717, 1.165) is 30.5 Å². The van der Waals surface area contributed by atoms with E-state index in [9.17, 15) is 18.0 Å². The molecule has 0 amide bonds. The molecule has 1 aliphatic heterocycles. The van der Waals surface area contributed by atoms with Crippen molar-refractivity contribution >= 4 is 32.9 Å². The van der Waals surface area contributed by atoms with Gasteiger partial charge in [-0.05, 0) is 81.3 Å². The topological polar surface area (TPSA) is 94.9 Å². The molecule has 1 saturated heterocycles. The highest BCUT2D eigenvalue weighted by Gasteiger charge is 2.26. The van der Waals surface area contributed by atoms with Crippen molar-refractivity contribution in [1.82, 2.24) is 8.87 Å². The van der Waals surface area contributed by atoms with Gasteiger partial charge in [-0.2, -0.15) is 4.31 Å². The number of hydrogen-bond donors (Lipinski definition) is 0. The highest BCUT2D eigenvalue weighted by Crippen LogP contribution is 2.33. The summed E-state index contributed by atoms with van der Waals surface area (Å²) in [6.07, 6.45) is 2.72. The Morgan fingerprint density at radius 3 is 2.23 bits per heavy atom. The van der Waals surface area contributed by atoms with Crippen molar-refractivity contribution in [1.29, 1.82) is 0 Å². The average molecular weight is 547 g/mol. The van der Waals surface area contributed by atoms with Crippen LogP contribution < -0.4 is 4.74 Å². The van der Waals surface area contributed by atoms with Crippen molar-refractivity contribution in [3.8, 4) is 11.4 Å². The van der Waals surface area contributed by atoms with Crippen molar-refractivity contribution in [2.45, 2.75) is 38.0 Å². The molecule has 0 unspecified atom stereocenters. The summed E-state index contributed by atoms with van der Waals surface area (Å²) >= 11 is 0. The average Bonchev–Trinajstić information content (AvgIpc) is 3.25. The monoisotopic (exact) mass is 546 g/mol. The third-order valence-corrected chi connectivity index (χ3v) is 8.84. The Balaban J connectivity index is 1.44. The molecule has 0 bridgehead atoms. The van der Waals surface area contributed by atoms with Crippen LogP contribution in [0.1, 0.15) is 52.6 Å². The number of nitrogens with zero attached hydrogens (tertiary/aromatic N) is 2. The lowest BCUT2D eigenvalue weighted by atomic mass is 10.1. The zero-order valence-electron chi connectivity index (χ0n) is 21.9. The van der Waals surface area contributed by atoms with E-state index in [1.807, 2.05) is 41.8 Å². The minimum absolute atomic E-state index is 0.152. The Bertz CT molecular complexity index is 1620. The number of fused-ring (bicyclic) bond motifs is 1. The lowest BCUT2D eigenvalue weighted by Crippen LogP contribution is -2.35. The second-order valence-corrected chi connectivity index (χ2v) is 11.3. The van der Waals surface area contributed by atoms with Crippen molar-refractivity contribution < 1.29 is 27.5 Å². The molecular weight excluding hydrogens is 516 g/mol. The van der Waals surface area contributed by atoms with Crippen LogP contribution in [0.5, 0.6) is 5.75 Å². The number of piperidine rings is 1. The molecular formula is C30H30N2O6S. The van der Waals surface area contributed by atoms with Gasteiger partial charge in [0, 0.05) is 29.9 Å². The van der Waals surface area contributed by atoms with E-state index < -0.39 is 22.0 Å². The number of esters is 2. The highest BCUT2D eigenvalue weighted by molar-refractivity contribution is 7.89. The Hall–Kier alpha value is -3.95. The van der Waals surface area contributed by atoms with Gasteiger partial charge < -0.3 is 14.0 Å². The van der Waals surface area contributed by atoms with Crippen molar-refractivity contribution in [3.63, 3.8) is 0 Å². The summed E-state index contributed by atoms with van der Waals surface area (Å²) in [6.45, 7) is 4.85. The summed E-state index contributed by atoms with van der Waals surface area (Å²) in [6, 6.07) is 20.6. The van der Waals surface area contributed by atoms with E-state index >= 15 is 0 Å². The molecule has 5 rings (SSSR count). The van der Waals surface area contributed by atoms with Crippen LogP contribution >= 0.6 is 0 Å². The number of sulfonamides is 1. The molecule has 0 atom stereocenters. The van der Waals surface area contributed by atoms with Crippen LogP contribution in [0.3, 0.4) is 0 Å². The Labute approximate surface area is 227 Å². The lowest BCUT2D eigenvalue weighted by molar-refractivity contribution is 0.0527. The lowest BCUT2D eigenvalue weighted by Gasteiger charge is -2.25. The van der Waals surface area contributed by atoms with Crippen molar-refractivity contribution in [3.05, 3.63) is 89.6 Å². The number of benzene rings is 3. The maximum atomic E-state index is 12.9. The number of aromatic nitrogens is 1. The summed E-state index contributed by atoms with van der Waals surface area (Å²) in [7, 11) is -3.60. The quantitative estimate of drug-likeness (QED) is 0.224. The Morgan fingerprint density at radius 1 is 0.872 bits per heavy atom. The SMILES string of the molecule is CCOC(=O)c1c(C)n(-c2ccccc2)c2ccc(OC(=O)c3ccc(S(=O)(=O)N4CCCCC4)cc3)cc12. The molecule has 4 aromatic rings. The van der Waals surface area contributed by atoms with Gasteiger partial charge in [0.05, 0.1) is 28.1 Å². The molecule has 0 aliphatic carbocycles. The van der Waals surface area contributed by atoms with Crippen LogP contribution in [0.15, 0.2) is 77.7 Å². The zero-order valence-corrected chi connectivity index (χ0v) is 22.7. The van der Waals surface area contributed by atoms with Crippen LogP contribution in [0.25, 0.3) is 16.6 Å². The molecule has 0 radical (unpaired) electrons. The van der Waals surface area contributed by atoms with Gasteiger partial charge in [-0.3, -0.25) is 0 Å². The summed E-state index contributed by atoms with van der Waals surface area (Å²) < 4.78 is 40.3. The predicted octanol–water partition coefficient (Wildman–Crippen LogP) is 5.51. The molecule has 2 heterocycles. The zero-order chi connectivity index (χ0) is 27.6. The Kier molecular flexibility index (Phi) is 7.54. The molecule has 3 aromatic carbocycles. The van der Waals surface area contributed by atoms with Crippen LogP contribution in [-0.2, 0) is 14.8 Å². The van der Waals surface area contributed by atoms with E-state index in [2.05, 4.69) is 0 Å². The van der Waals surface area contributed by atoms with Gasteiger partial charge >= 0.3 is 11.9 Å². The minimum atomic E-state index is -3.60. The maximum Gasteiger partial charge on any atom is 0.343 e. The minimum Gasteiger partial charge on any atom is -0.462 e. The van der Waals surface area contributed by atoms with Crippen molar-refractivity contribution in [2.75, 3.05) is 19.7 Å². The van der Waals surface area contributed by atoms with Gasteiger partial charge in [-0.1, -0.05) is 24.6 Å². The molecule has 202 valence electrons. The first-order valence-electron chi connectivity index (χ1n) is 13.0. The first-order chi connectivity index (χ1) is 18.8. The first kappa shape index (κ1) is 26.6. The fourth-order valence-electron chi connectivity index (χ4n) is 5.02. The third kappa shape index (κ3) is 5.20. The van der Waals surface area contributed by atoms with Gasteiger partial charge in [-0.15, -0.1) is 0 Å². The predicted molar refractivity (Wildman–Crippen MR) is 148 cm³/mol. The normalized spacial score (nSPS) is 14.3. The van der Waals surface area contributed by atoms with E-state index in [4.69, 9.17) is 9.47 Å². The molecule has 9 heteroatoms. The van der Waals surface area contributed by atoms with Crippen LogP contribution in [0, 0.1) is 6.92 Å². The summed E-state index contributed by atoms with van der Waals surface area (Å²) in [4.78, 5) is 26.0. The second-order valence-electron chi connectivity index (χ2n) is 9.41. The molecule has 0 N–H and O–H groups in total. The second kappa shape index (κ2) is 11.0. The van der Waals surface area contributed by atoms with Crippen molar-refractivity contribution in [2.24, 2.45) is 0 Å². The fraction of sp³-hybridized carbons (Fsp3) is 0.267. The molecule has 39 heavy (non-hydrogen) atoms. The summed E-state index contributed by atoms with van der Waals surface area (Å²) in [5.41, 5.74) is 2.99. The molecule has 8 nitrogen and oxygen atoms in total. The van der Waals surface area contributed by atoms with E-state index in [-0.39, 0.29) is 22.8 Å². The smallest absolute Gasteiger partial charge is 0.343 e. The Morgan fingerprint density at radius 2 is 1.56 bits per heavy atom.